The minimum absolute atomic E-state index is 0.0393. The van der Waals surface area contributed by atoms with Crippen molar-refractivity contribution in [1.29, 1.82) is 0 Å². The highest BCUT2D eigenvalue weighted by Crippen LogP contribution is 1.78. The van der Waals surface area contributed by atoms with Gasteiger partial charge in [-0.15, -0.1) is 7.05 Å². The summed E-state index contributed by atoms with van der Waals surface area (Å²) >= 11 is 0. The van der Waals surface area contributed by atoms with E-state index in [-0.39, 0.29) is 5.78 Å². The lowest BCUT2D eigenvalue weighted by molar-refractivity contribution is -0.736. The average Bonchev–Trinajstić information content (AvgIpc) is 1.77. The molecule has 0 atom stereocenters. The Balaban J connectivity index is 2.68. The maximum absolute atomic E-state index is 10.4. The molecule has 0 amide bonds. The smallest absolute Gasteiger partial charge is 0.189 e. The van der Waals surface area contributed by atoms with Crippen LogP contribution >= 0.6 is 0 Å². The molecule has 0 bridgehead atoms. The van der Waals surface area contributed by atoms with Gasteiger partial charge in [0.2, 0.25) is 0 Å². The van der Waals surface area contributed by atoms with Crippen molar-refractivity contribution in [3.05, 3.63) is 31.6 Å². The van der Waals surface area contributed by atoms with Crippen LogP contribution in [0.1, 0.15) is 0 Å². The number of allylic oxidation sites excluding steroid dienone is 2. The molecule has 0 aliphatic carbocycles. The van der Waals surface area contributed by atoms with Gasteiger partial charge < -0.3 is 4.90 Å². The van der Waals surface area contributed by atoms with Gasteiger partial charge in [0.15, 0.2) is 5.78 Å². The lowest BCUT2D eigenvalue weighted by atomic mass is 10.3. The second-order valence-electron chi connectivity index (χ2n) is 1.64. The normalized spacial score (nSPS) is 19.9. The number of hydrogen-bond donors (Lipinski definition) is 1. The molecule has 1 N–H and O–H groups in total. The van der Waals surface area contributed by atoms with Gasteiger partial charge >= 0.3 is 0 Å². The Morgan fingerprint density at radius 2 is 1.88 bits per heavy atom. The number of quaternary nitrogens is 1. The molecule has 0 saturated carbocycles. The molecule has 2 nitrogen and oxygen atoms in total. The van der Waals surface area contributed by atoms with Crippen molar-refractivity contribution in [2.45, 2.75) is 0 Å². The van der Waals surface area contributed by atoms with E-state index in [4.69, 9.17) is 0 Å². The Kier molecular flexibility index (Phi) is 1.26. The SMILES string of the molecule is [CH2-][NH+]1C=CC(=O)C=C1. The summed E-state index contributed by atoms with van der Waals surface area (Å²) < 4.78 is 0. The molecule has 1 aliphatic heterocycles. The molecule has 0 radical (unpaired) electrons. The van der Waals surface area contributed by atoms with Crippen molar-refractivity contribution < 1.29 is 9.69 Å². The zero-order chi connectivity index (χ0) is 5.98. The molecule has 0 fully saturated rings. The standard InChI is InChI=1S/C6H7NO/c1-7-4-2-6(8)3-5-7/h2-5,7H,1H2. The van der Waals surface area contributed by atoms with E-state index in [1.807, 2.05) is 0 Å². The first kappa shape index (κ1) is 5.25. The second kappa shape index (κ2) is 1.92. The zero-order valence-electron chi connectivity index (χ0n) is 4.42. The molecule has 1 heterocycles. The Morgan fingerprint density at radius 3 is 2.25 bits per heavy atom. The fourth-order valence-corrected chi connectivity index (χ4v) is 0.489. The first-order valence-corrected chi connectivity index (χ1v) is 2.38. The summed E-state index contributed by atoms with van der Waals surface area (Å²) in [5, 5.41) is 0. The number of nitrogens with one attached hydrogen (secondary N) is 1. The number of carbonyl (C=O) groups excluding carboxylic acids is 1. The van der Waals surface area contributed by atoms with Gasteiger partial charge in [-0.25, -0.2) is 0 Å². The van der Waals surface area contributed by atoms with Gasteiger partial charge in [-0.3, -0.25) is 4.79 Å². The maximum Gasteiger partial charge on any atom is 0.189 e. The summed E-state index contributed by atoms with van der Waals surface area (Å²) in [6, 6.07) is 0. The third-order valence-electron chi connectivity index (χ3n) is 0.923. The van der Waals surface area contributed by atoms with Gasteiger partial charge in [0.25, 0.3) is 0 Å². The minimum Gasteiger partial charge on any atom is -0.414 e. The topological polar surface area (TPSA) is 21.5 Å². The average molecular weight is 109 g/mol. The highest BCUT2D eigenvalue weighted by Gasteiger charge is 1.95. The predicted molar refractivity (Wildman–Crippen MR) is 29.6 cm³/mol. The van der Waals surface area contributed by atoms with Gasteiger partial charge in [-0.1, -0.05) is 0 Å². The first-order valence-electron chi connectivity index (χ1n) is 2.38. The minimum atomic E-state index is 0.0393. The molecule has 0 aromatic heterocycles. The Hall–Kier alpha value is -0.890. The number of carbonyl (C=O) groups is 1. The van der Waals surface area contributed by atoms with Gasteiger partial charge in [0.1, 0.15) is 0 Å². The number of ketones is 1. The van der Waals surface area contributed by atoms with E-state index in [9.17, 15) is 4.79 Å². The highest BCUT2D eigenvalue weighted by atomic mass is 16.1. The molecule has 1 aliphatic rings. The van der Waals surface area contributed by atoms with Gasteiger partial charge in [-0.05, 0) is 0 Å². The molecular weight excluding hydrogens is 102 g/mol. The second-order valence-corrected chi connectivity index (χ2v) is 1.64. The molecule has 0 saturated heterocycles. The molecule has 2 heteroatoms. The van der Waals surface area contributed by atoms with Crippen molar-refractivity contribution in [2.24, 2.45) is 0 Å². The lowest BCUT2D eigenvalue weighted by Crippen LogP contribution is -2.97. The van der Waals surface area contributed by atoms with Crippen molar-refractivity contribution in [3.8, 4) is 0 Å². The van der Waals surface area contributed by atoms with Crippen molar-refractivity contribution in [3.63, 3.8) is 0 Å². The van der Waals surface area contributed by atoms with Crippen LogP contribution < -0.4 is 4.90 Å². The molecule has 0 unspecified atom stereocenters. The monoisotopic (exact) mass is 109 g/mol. The van der Waals surface area contributed by atoms with Gasteiger partial charge in [0, 0.05) is 12.2 Å². The molecular formula is C6H7NO. The van der Waals surface area contributed by atoms with E-state index < -0.39 is 0 Å². The van der Waals surface area contributed by atoms with Crippen molar-refractivity contribution in [2.75, 3.05) is 0 Å². The summed E-state index contributed by atoms with van der Waals surface area (Å²) in [6.45, 7) is 0. The fourth-order valence-electron chi connectivity index (χ4n) is 0.489. The van der Waals surface area contributed by atoms with Crippen LogP contribution in [0.3, 0.4) is 0 Å². The number of rotatable bonds is 0. The van der Waals surface area contributed by atoms with Crippen LogP contribution in [0, 0.1) is 7.05 Å². The molecule has 8 heavy (non-hydrogen) atoms. The summed E-state index contributed by atoms with van der Waals surface area (Å²) in [5.74, 6) is 0.0393. The van der Waals surface area contributed by atoms with E-state index >= 15 is 0 Å². The van der Waals surface area contributed by atoms with Crippen LogP contribution in [-0.2, 0) is 4.79 Å². The van der Waals surface area contributed by atoms with Crippen LogP contribution in [0.2, 0.25) is 0 Å². The van der Waals surface area contributed by atoms with Crippen LogP contribution in [0.25, 0.3) is 0 Å². The molecule has 0 aromatic carbocycles. The van der Waals surface area contributed by atoms with Crippen LogP contribution in [-0.4, -0.2) is 5.78 Å². The predicted octanol–water partition coefficient (Wildman–Crippen LogP) is -0.727. The fraction of sp³-hybridized carbons (Fsp3) is 0. The molecule has 0 aromatic rings. The lowest BCUT2D eigenvalue weighted by Gasteiger charge is -2.09. The van der Waals surface area contributed by atoms with E-state index in [0.717, 1.165) is 4.90 Å². The number of hydrogen-bond acceptors (Lipinski definition) is 1. The Bertz CT molecular complexity index is 142. The zero-order valence-corrected chi connectivity index (χ0v) is 4.42. The Labute approximate surface area is 48.1 Å². The van der Waals surface area contributed by atoms with Crippen LogP contribution in [0.15, 0.2) is 24.6 Å². The van der Waals surface area contributed by atoms with Crippen molar-refractivity contribution >= 4 is 5.78 Å². The van der Waals surface area contributed by atoms with Gasteiger partial charge in [-0.2, -0.15) is 0 Å². The highest BCUT2D eigenvalue weighted by molar-refractivity contribution is 5.99. The van der Waals surface area contributed by atoms with Crippen LogP contribution in [0.4, 0.5) is 0 Å². The van der Waals surface area contributed by atoms with Crippen LogP contribution in [0.5, 0.6) is 0 Å². The van der Waals surface area contributed by atoms with E-state index in [1.54, 1.807) is 12.4 Å². The molecule has 0 spiro atoms. The summed E-state index contributed by atoms with van der Waals surface area (Å²) in [4.78, 5) is 11.3. The summed E-state index contributed by atoms with van der Waals surface area (Å²) in [6.07, 6.45) is 6.40. The first-order chi connectivity index (χ1) is 3.79. The largest absolute Gasteiger partial charge is 0.414 e. The van der Waals surface area contributed by atoms with Crippen molar-refractivity contribution in [1.82, 2.24) is 0 Å². The quantitative estimate of drug-likeness (QED) is 0.407. The molecule has 42 valence electrons. The summed E-state index contributed by atoms with van der Waals surface area (Å²) in [5.41, 5.74) is 0. The third kappa shape index (κ3) is 1.04. The third-order valence-corrected chi connectivity index (χ3v) is 0.923. The van der Waals surface area contributed by atoms with E-state index in [2.05, 4.69) is 7.05 Å². The van der Waals surface area contributed by atoms with Gasteiger partial charge in [0.05, 0.1) is 12.4 Å². The Morgan fingerprint density at radius 1 is 1.38 bits per heavy atom. The van der Waals surface area contributed by atoms with E-state index in [1.165, 1.54) is 12.2 Å². The maximum atomic E-state index is 10.4. The summed E-state index contributed by atoms with van der Waals surface area (Å²) in [7, 11) is 3.62. The molecule has 1 rings (SSSR count). The van der Waals surface area contributed by atoms with E-state index in [0.29, 0.717) is 0 Å².